The van der Waals surface area contributed by atoms with Crippen molar-refractivity contribution in [2.24, 2.45) is 0 Å². The van der Waals surface area contributed by atoms with E-state index in [1.165, 1.54) is 0 Å². The molecule has 1 heterocycles. The number of nitrogens with zero attached hydrogens (tertiary/aromatic N) is 1. The summed E-state index contributed by atoms with van der Waals surface area (Å²) in [5.41, 5.74) is 1.12. The van der Waals surface area contributed by atoms with Gasteiger partial charge < -0.3 is 9.63 Å². The van der Waals surface area contributed by atoms with Crippen LogP contribution in [0.2, 0.25) is 5.15 Å². The van der Waals surface area contributed by atoms with Crippen LogP contribution in [-0.4, -0.2) is 16.2 Å². The zero-order valence-corrected chi connectivity index (χ0v) is 7.78. The van der Waals surface area contributed by atoms with Gasteiger partial charge in [-0.3, -0.25) is 4.79 Å². The number of carbonyl (C=O) groups is 1. The first-order valence-electron chi connectivity index (χ1n) is 3.93. The molecule has 0 aliphatic rings. The highest BCUT2D eigenvalue weighted by Crippen LogP contribution is 2.26. The highest BCUT2D eigenvalue weighted by Gasteiger charge is 2.12. The average Bonchev–Trinajstić information content (AvgIpc) is 2.48. The Bertz CT molecular complexity index is 492. The molecule has 2 aromatic rings. The third kappa shape index (κ3) is 1.44. The van der Waals surface area contributed by atoms with Gasteiger partial charge in [0.05, 0.1) is 11.8 Å². The summed E-state index contributed by atoms with van der Waals surface area (Å²) in [6.45, 7) is 0. The molecule has 0 aliphatic carbocycles. The molecular formula is C9H6ClNO3. The number of rotatable bonds is 2. The zero-order chi connectivity index (χ0) is 10.1. The van der Waals surface area contributed by atoms with Gasteiger partial charge in [0.15, 0.2) is 10.7 Å². The largest absolute Gasteiger partial charge is 0.481 e. The molecule has 14 heavy (non-hydrogen) atoms. The first kappa shape index (κ1) is 9.02. The minimum absolute atomic E-state index is 0.0850. The Hall–Kier alpha value is -1.55. The summed E-state index contributed by atoms with van der Waals surface area (Å²) in [6, 6.07) is 5.10. The highest BCUT2D eigenvalue weighted by atomic mass is 35.5. The summed E-state index contributed by atoms with van der Waals surface area (Å²) in [5, 5.41) is 13.0. The molecule has 4 nitrogen and oxygen atoms in total. The van der Waals surface area contributed by atoms with Gasteiger partial charge in [0, 0.05) is 0 Å². The number of fused-ring (bicyclic) bond motifs is 1. The van der Waals surface area contributed by atoms with E-state index >= 15 is 0 Å². The molecule has 5 heteroatoms. The Morgan fingerprint density at radius 1 is 1.57 bits per heavy atom. The smallest absolute Gasteiger partial charge is 0.307 e. The van der Waals surface area contributed by atoms with Gasteiger partial charge in [-0.15, -0.1) is 0 Å². The molecule has 0 radical (unpaired) electrons. The monoisotopic (exact) mass is 211 g/mol. The Balaban J connectivity index is 2.63. The molecule has 1 N–H and O–H groups in total. The molecule has 0 atom stereocenters. The fraction of sp³-hybridized carbons (Fsp3) is 0.111. The van der Waals surface area contributed by atoms with Crippen LogP contribution in [0.15, 0.2) is 22.7 Å². The molecule has 0 saturated heterocycles. The van der Waals surface area contributed by atoms with Crippen molar-refractivity contribution in [1.82, 2.24) is 5.16 Å². The number of halogens is 1. The number of aliphatic carboxylic acids is 1. The molecule has 0 fully saturated rings. The van der Waals surface area contributed by atoms with Crippen molar-refractivity contribution >= 4 is 28.5 Å². The van der Waals surface area contributed by atoms with Crippen molar-refractivity contribution in [2.45, 2.75) is 6.42 Å². The third-order valence-corrected chi connectivity index (χ3v) is 2.14. The van der Waals surface area contributed by atoms with Crippen LogP contribution in [0.4, 0.5) is 0 Å². The molecular weight excluding hydrogens is 206 g/mol. The van der Waals surface area contributed by atoms with E-state index < -0.39 is 5.97 Å². The molecule has 0 spiro atoms. The maximum atomic E-state index is 10.6. The average molecular weight is 212 g/mol. The van der Waals surface area contributed by atoms with Crippen molar-refractivity contribution in [1.29, 1.82) is 0 Å². The molecule has 0 saturated carbocycles. The van der Waals surface area contributed by atoms with Crippen molar-refractivity contribution in [3.8, 4) is 0 Å². The summed E-state index contributed by atoms with van der Waals surface area (Å²) in [7, 11) is 0. The second kappa shape index (κ2) is 3.31. The lowest BCUT2D eigenvalue weighted by molar-refractivity contribution is -0.136. The first-order chi connectivity index (χ1) is 6.68. The molecule has 72 valence electrons. The standard InChI is InChI=1S/C9H6ClNO3/c10-9-8-5(4-7(12)13)2-1-3-6(8)14-11-9/h1-3H,4H2,(H,12,13). The molecule has 0 amide bonds. The number of aromatic nitrogens is 1. The molecule has 1 aromatic carbocycles. The minimum atomic E-state index is -0.908. The maximum Gasteiger partial charge on any atom is 0.307 e. The molecule has 0 aliphatic heterocycles. The fourth-order valence-electron chi connectivity index (χ4n) is 1.33. The van der Waals surface area contributed by atoms with E-state index in [0.717, 1.165) is 0 Å². The summed E-state index contributed by atoms with van der Waals surface area (Å²) in [5.74, 6) is -0.908. The van der Waals surface area contributed by atoms with E-state index in [2.05, 4.69) is 5.16 Å². The topological polar surface area (TPSA) is 63.3 Å². The van der Waals surface area contributed by atoms with Gasteiger partial charge in [-0.25, -0.2) is 0 Å². The van der Waals surface area contributed by atoms with Crippen molar-refractivity contribution in [2.75, 3.05) is 0 Å². The first-order valence-corrected chi connectivity index (χ1v) is 4.31. The Morgan fingerprint density at radius 2 is 2.36 bits per heavy atom. The normalized spacial score (nSPS) is 10.6. The quantitative estimate of drug-likeness (QED) is 0.826. The van der Waals surface area contributed by atoms with E-state index in [1.807, 2.05) is 0 Å². The van der Waals surface area contributed by atoms with Crippen LogP contribution in [0.25, 0.3) is 11.0 Å². The lowest BCUT2D eigenvalue weighted by Gasteiger charge is -1.97. The van der Waals surface area contributed by atoms with Crippen molar-refractivity contribution in [3.05, 3.63) is 28.9 Å². The zero-order valence-electron chi connectivity index (χ0n) is 7.03. The lowest BCUT2D eigenvalue weighted by Crippen LogP contribution is -2.00. The summed E-state index contributed by atoms with van der Waals surface area (Å²) in [6.07, 6.45) is -0.0850. The molecule has 2 rings (SSSR count). The highest BCUT2D eigenvalue weighted by molar-refractivity contribution is 6.34. The number of carboxylic acid groups (broad SMARTS) is 1. The van der Waals surface area contributed by atoms with E-state index in [1.54, 1.807) is 18.2 Å². The van der Waals surface area contributed by atoms with Gasteiger partial charge in [-0.2, -0.15) is 0 Å². The second-order valence-corrected chi connectivity index (χ2v) is 3.19. The predicted molar refractivity (Wildman–Crippen MR) is 50.4 cm³/mol. The number of hydrogen-bond acceptors (Lipinski definition) is 3. The van der Waals surface area contributed by atoms with Gasteiger partial charge in [0.1, 0.15) is 0 Å². The van der Waals surface area contributed by atoms with E-state index in [-0.39, 0.29) is 11.6 Å². The van der Waals surface area contributed by atoms with Gasteiger partial charge in [-0.1, -0.05) is 28.9 Å². The lowest BCUT2D eigenvalue weighted by atomic mass is 10.1. The Kier molecular flexibility index (Phi) is 2.13. The Labute approximate surface area is 84.1 Å². The van der Waals surface area contributed by atoms with Crippen LogP contribution in [-0.2, 0) is 11.2 Å². The predicted octanol–water partition coefficient (Wildman–Crippen LogP) is 2.11. The summed E-state index contributed by atoms with van der Waals surface area (Å²) < 4.78 is 4.90. The van der Waals surface area contributed by atoms with Crippen LogP contribution >= 0.6 is 11.6 Å². The van der Waals surface area contributed by atoms with Gasteiger partial charge in [0.25, 0.3) is 0 Å². The fourth-order valence-corrected chi connectivity index (χ4v) is 1.58. The van der Waals surface area contributed by atoms with E-state index in [9.17, 15) is 4.79 Å². The Morgan fingerprint density at radius 3 is 3.07 bits per heavy atom. The van der Waals surface area contributed by atoms with Gasteiger partial charge in [0.2, 0.25) is 0 Å². The molecule has 1 aromatic heterocycles. The SMILES string of the molecule is O=C(O)Cc1cccc2onc(Cl)c12. The number of carboxylic acids is 1. The van der Waals surface area contributed by atoms with Crippen LogP contribution in [0.3, 0.4) is 0 Å². The van der Waals surface area contributed by atoms with Crippen LogP contribution < -0.4 is 0 Å². The van der Waals surface area contributed by atoms with Gasteiger partial charge >= 0.3 is 5.97 Å². The van der Waals surface area contributed by atoms with Crippen LogP contribution in [0.5, 0.6) is 0 Å². The number of benzene rings is 1. The third-order valence-electron chi connectivity index (χ3n) is 1.88. The van der Waals surface area contributed by atoms with E-state index in [0.29, 0.717) is 16.5 Å². The van der Waals surface area contributed by atoms with Gasteiger partial charge in [-0.05, 0) is 11.6 Å². The minimum Gasteiger partial charge on any atom is -0.481 e. The summed E-state index contributed by atoms with van der Waals surface area (Å²) in [4.78, 5) is 10.6. The molecule has 0 unspecified atom stereocenters. The summed E-state index contributed by atoms with van der Waals surface area (Å²) >= 11 is 5.76. The second-order valence-electron chi connectivity index (χ2n) is 2.83. The van der Waals surface area contributed by atoms with E-state index in [4.69, 9.17) is 21.2 Å². The maximum absolute atomic E-state index is 10.6. The number of hydrogen-bond donors (Lipinski definition) is 1. The van der Waals surface area contributed by atoms with Crippen molar-refractivity contribution in [3.63, 3.8) is 0 Å². The van der Waals surface area contributed by atoms with Crippen LogP contribution in [0.1, 0.15) is 5.56 Å². The van der Waals surface area contributed by atoms with Crippen LogP contribution in [0, 0.1) is 0 Å². The van der Waals surface area contributed by atoms with Crippen molar-refractivity contribution < 1.29 is 14.4 Å². The molecule has 0 bridgehead atoms.